The first-order valence-corrected chi connectivity index (χ1v) is 18.7. The largest absolute Gasteiger partial charge is 0.462 e. The van der Waals surface area contributed by atoms with Crippen molar-refractivity contribution in [2.24, 2.45) is 5.73 Å². The maximum atomic E-state index is 15.9. The zero-order chi connectivity index (χ0) is 41.9. The minimum atomic E-state index is -4.92. The summed E-state index contributed by atoms with van der Waals surface area (Å²) >= 11 is 5.50. The number of halogens is 4. The summed E-state index contributed by atoms with van der Waals surface area (Å²) in [6, 6.07) is 11.3. The van der Waals surface area contributed by atoms with Crippen LogP contribution in [0.5, 0.6) is 5.75 Å². The highest BCUT2D eigenvalue weighted by molar-refractivity contribution is 7.81. The fraction of sp³-hybridized carbons (Fsp3) is 0.333. The molecule has 4 rings (SSSR count). The molecule has 1 heterocycles. The van der Waals surface area contributed by atoms with E-state index in [2.05, 4.69) is 5.09 Å². The monoisotopic (exact) mass is 821 g/mol. The molecule has 0 spiro atoms. The summed E-state index contributed by atoms with van der Waals surface area (Å²) in [6.07, 6.45) is -8.97. The van der Waals surface area contributed by atoms with Crippen molar-refractivity contribution in [1.29, 1.82) is 5.26 Å². The Morgan fingerprint density at radius 2 is 1.64 bits per heavy atom. The summed E-state index contributed by atoms with van der Waals surface area (Å²) < 4.78 is 91.4. The van der Waals surface area contributed by atoms with Crippen LogP contribution in [0.15, 0.2) is 60.7 Å². The van der Waals surface area contributed by atoms with E-state index in [1.807, 2.05) is 0 Å². The number of benzene rings is 3. The lowest BCUT2D eigenvalue weighted by atomic mass is 9.98. The van der Waals surface area contributed by atoms with E-state index in [-0.39, 0.29) is 27.8 Å². The number of Topliss-reactive ketones (excluding diaryl/α,β-unsaturated/α-hetero) is 1. The van der Waals surface area contributed by atoms with E-state index in [0.717, 1.165) is 29.2 Å². The number of nitrogens with two attached hydrogens (primary N) is 1. The van der Waals surface area contributed by atoms with Crippen molar-refractivity contribution < 1.29 is 60.0 Å². The molecular weight excluding hydrogens is 785 g/mol. The Kier molecular flexibility index (Phi) is 13.0. The number of rotatable bonds is 14. The van der Waals surface area contributed by atoms with E-state index in [1.54, 1.807) is 13.8 Å². The van der Waals surface area contributed by atoms with Gasteiger partial charge in [0.1, 0.15) is 29.5 Å². The van der Waals surface area contributed by atoms with Crippen molar-refractivity contribution >= 4 is 60.0 Å². The zero-order valence-electron chi connectivity index (χ0n) is 30.7. The Morgan fingerprint density at radius 1 is 1.02 bits per heavy atom. The predicted octanol–water partition coefficient (Wildman–Crippen LogP) is 6.76. The number of nitrogens with zero attached hydrogens (tertiary/aromatic N) is 3. The number of primary amides is 1. The van der Waals surface area contributed by atoms with Crippen LogP contribution in [-0.2, 0) is 34.5 Å². The van der Waals surface area contributed by atoms with Crippen LogP contribution in [0.4, 0.5) is 33.7 Å². The Bertz CT molecular complexity index is 2140. The molecule has 0 radical (unpaired) electrons. The van der Waals surface area contributed by atoms with Crippen LogP contribution in [-0.4, -0.2) is 60.0 Å². The van der Waals surface area contributed by atoms with Gasteiger partial charge < -0.3 is 29.4 Å². The normalized spacial score (nSPS) is 16.2. The number of carbonyl (C=O) groups excluding carboxylic acids is 4. The molecule has 298 valence electrons. The Balaban J connectivity index is 1.61. The number of carbonyl (C=O) groups is 4. The van der Waals surface area contributed by atoms with Gasteiger partial charge in [0.05, 0.1) is 34.6 Å². The number of nitriles is 1. The van der Waals surface area contributed by atoms with Crippen LogP contribution >= 0.6 is 19.7 Å². The van der Waals surface area contributed by atoms with Crippen LogP contribution in [0, 0.1) is 17.1 Å². The van der Waals surface area contributed by atoms with Crippen molar-refractivity contribution in [3.63, 3.8) is 0 Å². The Labute approximate surface area is 323 Å². The van der Waals surface area contributed by atoms with Gasteiger partial charge >= 0.3 is 25.8 Å². The molecule has 1 aliphatic rings. The van der Waals surface area contributed by atoms with Gasteiger partial charge in [0, 0.05) is 18.4 Å². The van der Waals surface area contributed by atoms with E-state index >= 15 is 4.39 Å². The number of hydrogen-bond acceptors (Lipinski definition) is 11. The number of alkyl halides is 3. The fourth-order valence-corrected chi connectivity index (χ4v) is 7.85. The Morgan fingerprint density at radius 3 is 2.18 bits per heavy atom. The number of ether oxygens (including phenoxy) is 3. The van der Waals surface area contributed by atoms with Gasteiger partial charge in [0.25, 0.3) is 5.91 Å². The molecule has 0 bridgehead atoms. The number of thiocarbonyl (C=S) groups is 1. The van der Waals surface area contributed by atoms with Crippen molar-refractivity contribution in [2.75, 3.05) is 23.3 Å². The summed E-state index contributed by atoms with van der Waals surface area (Å²) in [5.74, 6) is -3.68. The highest BCUT2D eigenvalue weighted by Gasteiger charge is 2.51. The average Bonchev–Trinajstić information content (AvgIpc) is 3.28. The van der Waals surface area contributed by atoms with Crippen molar-refractivity contribution in [1.82, 2.24) is 5.09 Å². The average molecular weight is 822 g/mol. The standard InChI is InChI=1S/C36H36F4N5O9PS/c1-19(2)52-31(47)20(3)43-55(50,18-51-6)54-25-12-8-21(9-13-25)30(53-33(42)49)29(46)26-14-11-24(16-28(26)37)45-34(56)44(32(48)35(45,4)5)23-10-7-22(17-41)27(15-23)36(38,39)40/h7-16,19-20,30H,18H2,1-6H3,(H2,42,49)(H,43,50)/t20-,30?,55?/m0/s1. The molecule has 2 unspecified atom stereocenters. The number of esters is 1. The number of amides is 2. The molecule has 2 amide bonds. The van der Waals surface area contributed by atoms with Gasteiger partial charge in [0.15, 0.2) is 11.2 Å². The summed E-state index contributed by atoms with van der Waals surface area (Å²) in [6.45, 7) is 7.52. The van der Waals surface area contributed by atoms with Crippen molar-refractivity contribution in [3.05, 3.63) is 88.7 Å². The molecule has 0 aliphatic carbocycles. The smallest absolute Gasteiger partial charge is 0.417 e. The van der Waals surface area contributed by atoms with E-state index in [4.69, 9.17) is 36.7 Å². The third kappa shape index (κ3) is 9.33. The van der Waals surface area contributed by atoms with Crippen molar-refractivity contribution in [2.45, 2.75) is 64.6 Å². The van der Waals surface area contributed by atoms with Crippen LogP contribution in [0.2, 0.25) is 0 Å². The highest BCUT2D eigenvalue weighted by Crippen LogP contribution is 2.44. The number of hydrogen-bond donors (Lipinski definition) is 2. The van der Waals surface area contributed by atoms with E-state index < -0.39 is 90.1 Å². The third-order valence-corrected chi connectivity index (χ3v) is 10.4. The molecule has 20 heteroatoms. The summed E-state index contributed by atoms with van der Waals surface area (Å²) in [5, 5.41) is 11.4. The number of methoxy groups -OCH3 is 1. The summed E-state index contributed by atoms with van der Waals surface area (Å²) in [4.78, 5) is 53.5. The third-order valence-electron chi connectivity index (χ3n) is 8.13. The molecule has 3 N–H and O–H groups in total. The molecule has 3 aromatic rings. The van der Waals surface area contributed by atoms with Crippen molar-refractivity contribution in [3.8, 4) is 11.8 Å². The molecule has 3 aromatic carbocycles. The van der Waals surface area contributed by atoms with Gasteiger partial charge in [-0.2, -0.15) is 18.4 Å². The van der Waals surface area contributed by atoms with E-state index in [0.29, 0.717) is 6.07 Å². The second kappa shape index (κ2) is 16.8. The first-order chi connectivity index (χ1) is 26.0. The lowest BCUT2D eigenvalue weighted by molar-refractivity contribution is -0.149. The number of ketones is 1. The van der Waals surface area contributed by atoms with Crippen LogP contribution < -0.4 is 25.1 Å². The van der Waals surface area contributed by atoms with Gasteiger partial charge in [0.2, 0.25) is 5.78 Å². The van der Waals surface area contributed by atoms with Crippen LogP contribution in [0.25, 0.3) is 0 Å². The van der Waals surface area contributed by atoms with Crippen LogP contribution in [0.1, 0.15) is 67.8 Å². The van der Waals surface area contributed by atoms with Gasteiger partial charge in [-0.05, 0) is 95.4 Å². The molecule has 1 aliphatic heterocycles. The summed E-state index contributed by atoms with van der Waals surface area (Å²) in [5.41, 5.74) is 0.804. The minimum absolute atomic E-state index is 0.00299. The highest BCUT2D eigenvalue weighted by atomic mass is 32.1. The second-order valence-corrected chi connectivity index (χ2v) is 15.5. The molecule has 3 atom stereocenters. The quantitative estimate of drug-likeness (QED) is 0.0571. The maximum absolute atomic E-state index is 15.9. The van der Waals surface area contributed by atoms with E-state index in [9.17, 15) is 42.2 Å². The van der Waals surface area contributed by atoms with Gasteiger partial charge in [-0.3, -0.25) is 23.8 Å². The fourth-order valence-electron chi connectivity index (χ4n) is 5.65. The molecule has 0 saturated carbocycles. The summed E-state index contributed by atoms with van der Waals surface area (Å²) in [7, 11) is -2.62. The Hall–Kier alpha value is -5.41. The predicted molar refractivity (Wildman–Crippen MR) is 197 cm³/mol. The van der Waals surface area contributed by atoms with Gasteiger partial charge in [-0.25, -0.2) is 14.3 Å². The lowest BCUT2D eigenvalue weighted by Gasteiger charge is -2.29. The number of anilines is 2. The first kappa shape index (κ1) is 43.3. The molecule has 0 aromatic heterocycles. The second-order valence-electron chi connectivity index (χ2n) is 13.1. The minimum Gasteiger partial charge on any atom is -0.462 e. The molecule has 14 nitrogen and oxygen atoms in total. The zero-order valence-corrected chi connectivity index (χ0v) is 32.4. The molecule has 56 heavy (non-hydrogen) atoms. The molecule has 1 saturated heterocycles. The van der Waals surface area contributed by atoms with E-state index in [1.165, 1.54) is 69.2 Å². The molecule has 1 fully saturated rings. The molecular formula is C36H36F4N5O9PS. The maximum Gasteiger partial charge on any atom is 0.417 e. The van der Waals surface area contributed by atoms with Gasteiger partial charge in [-0.15, -0.1) is 0 Å². The lowest BCUT2D eigenvalue weighted by Crippen LogP contribution is -2.44. The van der Waals surface area contributed by atoms with Gasteiger partial charge in [-0.1, -0.05) is 12.1 Å². The number of nitrogens with one attached hydrogen (secondary N) is 1. The van der Waals surface area contributed by atoms with Crippen LogP contribution in [0.3, 0.4) is 0 Å². The SMILES string of the molecule is COCP(=O)(N[C@@H](C)C(=O)OC(C)C)Oc1ccc(C(OC(N)=O)C(=O)c2ccc(N3C(=S)N(c4ccc(C#N)c(C(F)(F)F)c4)C(=O)C3(C)C)cc2F)cc1. The topological polar surface area (TPSA) is 191 Å². The first-order valence-electron chi connectivity index (χ1n) is 16.5.